The summed E-state index contributed by atoms with van der Waals surface area (Å²) in [5, 5.41) is 6.14. The summed E-state index contributed by atoms with van der Waals surface area (Å²) < 4.78 is 0. The Kier molecular flexibility index (Phi) is 6.49. The number of carbonyl (C=O) groups excluding carboxylic acids is 2. The Morgan fingerprint density at radius 2 is 1.89 bits per heavy atom. The molecule has 146 valence electrons. The molecule has 0 spiro atoms. The number of rotatable bonds is 5. The first-order valence-corrected chi connectivity index (χ1v) is 10.0. The lowest BCUT2D eigenvalue weighted by atomic mass is 10.2. The largest absolute Gasteiger partial charge is 0.378 e. The van der Waals surface area contributed by atoms with Gasteiger partial charge < -0.3 is 15.5 Å². The summed E-state index contributed by atoms with van der Waals surface area (Å²) in [4.78, 5) is 30.8. The molecule has 2 aromatic carbocycles. The minimum atomic E-state index is -0.539. The normalized spacial score (nSPS) is 17.5. The lowest BCUT2D eigenvalue weighted by molar-refractivity contribution is -0.122. The highest BCUT2D eigenvalue weighted by Gasteiger charge is 2.32. The van der Waals surface area contributed by atoms with Crippen molar-refractivity contribution < 1.29 is 9.59 Å². The monoisotopic (exact) mass is 436 g/mol. The average Bonchev–Trinajstić information content (AvgIpc) is 2.97. The van der Waals surface area contributed by atoms with Crippen LogP contribution < -0.4 is 15.5 Å². The molecule has 1 aliphatic heterocycles. The maximum atomic E-state index is 12.3. The van der Waals surface area contributed by atoms with E-state index in [4.69, 9.17) is 23.2 Å². The van der Waals surface area contributed by atoms with E-state index in [1.807, 2.05) is 43.3 Å². The first-order valence-electron chi connectivity index (χ1n) is 8.40. The summed E-state index contributed by atoms with van der Waals surface area (Å²) in [7, 11) is 3.92. The maximum Gasteiger partial charge on any atom is 0.240 e. The van der Waals surface area contributed by atoms with Crippen molar-refractivity contribution in [2.24, 2.45) is 4.99 Å². The predicted molar refractivity (Wildman–Crippen MR) is 117 cm³/mol. The zero-order chi connectivity index (χ0) is 20.3. The van der Waals surface area contributed by atoms with Gasteiger partial charge in [0.05, 0.1) is 15.7 Å². The molecule has 0 bridgehead atoms. The first kappa shape index (κ1) is 20.5. The number of amidine groups is 1. The molecule has 2 aromatic rings. The van der Waals surface area contributed by atoms with Gasteiger partial charge in [0.1, 0.15) is 5.25 Å². The summed E-state index contributed by atoms with van der Waals surface area (Å²) in [6.07, 6.45) is 0.0231. The van der Waals surface area contributed by atoms with Gasteiger partial charge in [0.15, 0.2) is 5.17 Å². The fourth-order valence-electron chi connectivity index (χ4n) is 2.49. The van der Waals surface area contributed by atoms with E-state index in [2.05, 4.69) is 15.6 Å². The second-order valence-corrected chi connectivity index (χ2v) is 8.31. The number of benzene rings is 2. The van der Waals surface area contributed by atoms with Crippen molar-refractivity contribution in [3.8, 4) is 0 Å². The molecular weight excluding hydrogens is 419 g/mol. The van der Waals surface area contributed by atoms with Gasteiger partial charge >= 0.3 is 0 Å². The second kappa shape index (κ2) is 8.86. The van der Waals surface area contributed by atoms with Crippen LogP contribution in [-0.4, -0.2) is 36.3 Å². The highest BCUT2D eigenvalue weighted by molar-refractivity contribution is 8.15. The number of halogens is 2. The molecule has 1 unspecified atom stereocenters. The van der Waals surface area contributed by atoms with E-state index in [-0.39, 0.29) is 18.2 Å². The van der Waals surface area contributed by atoms with Gasteiger partial charge in [0, 0.05) is 31.9 Å². The zero-order valence-corrected chi connectivity index (χ0v) is 17.5. The van der Waals surface area contributed by atoms with E-state index in [1.165, 1.54) is 11.8 Å². The highest BCUT2D eigenvalue weighted by Crippen LogP contribution is 2.28. The number of nitrogens with zero attached hydrogens (tertiary/aromatic N) is 2. The number of amides is 2. The standard InChI is InChI=1S/C19H18Cl2N4O2S/c1-25(2)13-6-3-11(4-7-13)23-19-24-18(27)16(28-19)10-17(26)22-12-5-8-14(20)15(21)9-12/h3-9,16H,10H2,1-2H3,(H,22,26)(H,23,24,27). The van der Waals surface area contributed by atoms with Crippen LogP contribution in [0.25, 0.3) is 0 Å². The Hall–Kier alpha value is -2.22. The van der Waals surface area contributed by atoms with Gasteiger partial charge in [0.2, 0.25) is 11.8 Å². The topological polar surface area (TPSA) is 73.8 Å². The van der Waals surface area contributed by atoms with Crippen molar-refractivity contribution in [2.45, 2.75) is 11.7 Å². The molecule has 28 heavy (non-hydrogen) atoms. The van der Waals surface area contributed by atoms with E-state index in [1.54, 1.807) is 18.2 Å². The Bertz CT molecular complexity index is 932. The third-order valence-electron chi connectivity index (χ3n) is 3.95. The van der Waals surface area contributed by atoms with E-state index < -0.39 is 5.25 Å². The lowest BCUT2D eigenvalue weighted by Crippen LogP contribution is -2.28. The number of thioether (sulfide) groups is 1. The first-order chi connectivity index (χ1) is 13.3. The van der Waals surface area contributed by atoms with Crippen LogP contribution >= 0.6 is 35.0 Å². The minimum absolute atomic E-state index is 0.0231. The SMILES string of the molecule is CN(C)c1ccc(N=C2NC(=O)C(CC(=O)Nc3ccc(Cl)c(Cl)c3)S2)cc1. The van der Waals surface area contributed by atoms with E-state index in [0.29, 0.717) is 20.9 Å². The predicted octanol–water partition coefficient (Wildman–Crippen LogP) is 4.31. The van der Waals surface area contributed by atoms with Crippen molar-refractivity contribution in [2.75, 3.05) is 24.3 Å². The van der Waals surface area contributed by atoms with Gasteiger partial charge in [0.25, 0.3) is 0 Å². The molecule has 0 aliphatic carbocycles. The Balaban J connectivity index is 1.60. The smallest absolute Gasteiger partial charge is 0.240 e. The van der Waals surface area contributed by atoms with Crippen molar-refractivity contribution in [3.05, 3.63) is 52.5 Å². The minimum Gasteiger partial charge on any atom is -0.378 e. The number of carbonyl (C=O) groups is 2. The van der Waals surface area contributed by atoms with E-state index >= 15 is 0 Å². The quantitative estimate of drug-likeness (QED) is 0.732. The van der Waals surface area contributed by atoms with Crippen LogP contribution in [0.3, 0.4) is 0 Å². The summed E-state index contributed by atoms with van der Waals surface area (Å²) >= 11 is 13.0. The molecule has 1 atom stereocenters. The third kappa shape index (κ3) is 5.19. The number of aliphatic imine (C=N–C) groups is 1. The Morgan fingerprint density at radius 3 is 2.54 bits per heavy atom. The highest BCUT2D eigenvalue weighted by atomic mass is 35.5. The molecule has 1 aliphatic rings. The molecule has 0 aromatic heterocycles. The summed E-state index contributed by atoms with van der Waals surface area (Å²) in [6.45, 7) is 0. The fourth-order valence-corrected chi connectivity index (χ4v) is 3.78. The number of hydrogen-bond donors (Lipinski definition) is 2. The summed E-state index contributed by atoms with van der Waals surface area (Å²) in [5.41, 5.74) is 2.32. The van der Waals surface area contributed by atoms with Crippen LogP contribution in [-0.2, 0) is 9.59 Å². The van der Waals surface area contributed by atoms with Crippen molar-refractivity contribution in [3.63, 3.8) is 0 Å². The van der Waals surface area contributed by atoms with Crippen molar-refractivity contribution >= 4 is 69.0 Å². The maximum absolute atomic E-state index is 12.3. The summed E-state index contributed by atoms with van der Waals surface area (Å²) in [5.74, 6) is -0.527. The number of hydrogen-bond acceptors (Lipinski definition) is 5. The van der Waals surface area contributed by atoms with Gasteiger partial charge in [-0.15, -0.1) is 0 Å². The number of nitrogens with one attached hydrogen (secondary N) is 2. The lowest BCUT2D eigenvalue weighted by Gasteiger charge is -2.11. The molecule has 1 saturated heterocycles. The molecule has 9 heteroatoms. The summed E-state index contributed by atoms with van der Waals surface area (Å²) in [6, 6.07) is 12.5. The van der Waals surface area contributed by atoms with Gasteiger partial charge in [-0.05, 0) is 42.5 Å². The molecule has 2 amide bonds. The fraction of sp³-hybridized carbons (Fsp3) is 0.211. The van der Waals surface area contributed by atoms with Gasteiger partial charge in [-0.25, -0.2) is 4.99 Å². The van der Waals surface area contributed by atoms with E-state index in [0.717, 1.165) is 11.4 Å². The van der Waals surface area contributed by atoms with Crippen LogP contribution in [0.1, 0.15) is 6.42 Å². The van der Waals surface area contributed by atoms with Gasteiger partial charge in [-0.3, -0.25) is 9.59 Å². The molecule has 0 saturated carbocycles. The van der Waals surface area contributed by atoms with Crippen LogP contribution in [0.4, 0.5) is 17.1 Å². The van der Waals surface area contributed by atoms with Crippen molar-refractivity contribution in [1.82, 2.24) is 5.32 Å². The molecule has 1 fully saturated rings. The molecule has 2 N–H and O–H groups in total. The van der Waals surface area contributed by atoms with Crippen LogP contribution in [0.15, 0.2) is 47.5 Å². The Morgan fingerprint density at radius 1 is 1.18 bits per heavy atom. The third-order valence-corrected chi connectivity index (χ3v) is 5.77. The molecule has 1 heterocycles. The van der Waals surface area contributed by atoms with Gasteiger partial charge in [-0.2, -0.15) is 0 Å². The van der Waals surface area contributed by atoms with Crippen LogP contribution in [0.5, 0.6) is 0 Å². The van der Waals surface area contributed by atoms with Crippen LogP contribution in [0.2, 0.25) is 10.0 Å². The number of anilines is 2. The van der Waals surface area contributed by atoms with E-state index in [9.17, 15) is 9.59 Å². The molecule has 3 rings (SSSR count). The van der Waals surface area contributed by atoms with Crippen molar-refractivity contribution in [1.29, 1.82) is 0 Å². The van der Waals surface area contributed by atoms with Crippen LogP contribution in [0, 0.1) is 0 Å². The molecule has 0 radical (unpaired) electrons. The Labute approximate surface area is 177 Å². The van der Waals surface area contributed by atoms with Gasteiger partial charge in [-0.1, -0.05) is 35.0 Å². The molecular formula is C19H18Cl2N4O2S. The zero-order valence-electron chi connectivity index (χ0n) is 15.2. The average molecular weight is 437 g/mol. The molecule has 6 nitrogen and oxygen atoms in total. The second-order valence-electron chi connectivity index (χ2n) is 6.30.